The fourth-order valence-electron chi connectivity index (χ4n) is 0.705. The molecule has 0 radical (unpaired) electrons. The van der Waals surface area contributed by atoms with E-state index in [1.807, 2.05) is 0 Å². The van der Waals surface area contributed by atoms with Gasteiger partial charge in [-0.25, -0.2) is 0 Å². The van der Waals surface area contributed by atoms with Gasteiger partial charge in [-0.15, -0.1) is 11.8 Å². The molecule has 0 fully saturated rings. The third-order valence-electron chi connectivity index (χ3n) is 1.35. The van der Waals surface area contributed by atoms with Crippen LogP contribution in [0.15, 0.2) is 11.6 Å². The van der Waals surface area contributed by atoms with Crippen molar-refractivity contribution in [1.82, 2.24) is 4.90 Å². The average Bonchev–Trinajstić information content (AvgIpc) is 1.90. The highest BCUT2D eigenvalue weighted by molar-refractivity contribution is 8.02. The van der Waals surface area contributed by atoms with Crippen LogP contribution in [0, 0.1) is 0 Å². The minimum absolute atomic E-state index is 1.07. The van der Waals surface area contributed by atoms with E-state index in [1.165, 1.54) is 5.03 Å². The molecule has 0 heterocycles. The van der Waals surface area contributed by atoms with Crippen molar-refractivity contribution < 1.29 is 0 Å². The summed E-state index contributed by atoms with van der Waals surface area (Å²) in [7, 11) is 0. The molecule has 2 heteroatoms. The Labute approximate surface area is 62.1 Å². The molecule has 0 amide bonds. The number of thioether (sulfide) groups is 1. The van der Waals surface area contributed by atoms with Crippen LogP contribution in [0.3, 0.4) is 0 Å². The summed E-state index contributed by atoms with van der Waals surface area (Å²) in [5.74, 6) is 0. The van der Waals surface area contributed by atoms with Gasteiger partial charge in [0.1, 0.15) is 0 Å². The Morgan fingerprint density at radius 2 is 1.89 bits per heavy atom. The van der Waals surface area contributed by atoms with Crippen molar-refractivity contribution in [3.63, 3.8) is 0 Å². The van der Waals surface area contributed by atoms with Crippen LogP contribution in [0.25, 0.3) is 0 Å². The van der Waals surface area contributed by atoms with E-state index < -0.39 is 0 Å². The molecule has 54 valence electrons. The van der Waals surface area contributed by atoms with Crippen molar-refractivity contribution in [3.8, 4) is 0 Å². The molecule has 9 heavy (non-hydrogen) atoms. The highest BCUT2D eigenvalue weighted by atomic mass is 32.2. The average molecular weight is 145 g/mol. The highest BCUT2D eigenvalue weighted by Gasteiger charge is 1.98. The van der Waals surface area contributed by atoms with Gasteiger partial charge in [0.05, 0.1) is 5.03 Å². The molecule has 0 saturated heterocycles. The first-order valence-electron chi connectivity index (χ1n) is 3.24. The number of hydrogen-bond donors (Lipinski definition) is 0. The van der Waals surface area contributed by atoms with Gasteiger partial charge >= 0.3 is 0 Å². The quantitative estimate of drug-likeness (QED) is 0.596. The van der Waals surface area contributed by atoms with E-state index in [0.29, 0.717) is 0 Å². The molecule has 0 N–H and O–H groups in total. The first kappa shape index (κ1) is 8.89. The van der Waals surface area contributed by atoms with E-state index in [-0.39, 0.29) is 0 Å². The predicted octanol–water partition coefficient (Wildman–Crippen LogP) is 2.16. The number of nitrogens with zero attached hydrogens (tertiary/aromatic N) is 1. The minimum Gasteiger partial charge on any atom is -0.367 e. The van der Waals surface area contributed by atoms with Gasteiger partial charge in [0.2, 0.25) is 0 Å². The molecule has 0 unspecified atom stereocenters. The van der Waals surface area contributed by atoms with Gasteiger partial charge in [-0.3, -0.25) is 0 Å². The van der Waals surface area contributed by atoms with Crippen LogP contribution in [-0.2, 0) is 0 Å². The zero-order valence-electron chi connectivity index (χ0n) is 6.48. The van der Waals surface area contributed by atoms with Gasteiger partial charge in [-0.05, 0) is 20.1 Å². The molecule has 0 rings (SSSR count). The number of rotatable bonds is 4. The lowest BCUT2D eigenvalue weighted by Crippen LogP contribution is -2.19. The van der Waals surface area contributed by atoms with Crippen molar-refractivity contribution in [2.45, 2.75) is 13.8 Å². The monoisotopic (exact) mass is 145 g/mol. The maximum atomic E-state index is 3.90. The van der Waals surface area contributed by atoms with Gasteiger partial charge in [0.25, 0.3) is 0 Å². The van der Waals surface area contributed by atoms with Crippen LogP contribution in [0.5, 0.6) is 0 Å². The van der Waals surface area contributed by atoms with Crippen LogP contribution < -0.4 is 0 Å². The van der Waals surface area contributed by atoms with E-state index in [0.717, 1.165) is 13.1 Å². The molecule has 0 saturated carbocycles. The molecule has 0 aromatic carbocycles. The maximum Gasteiger partial charge on any atom is 0.0631 e. The van der Waals surface area contributed by atoms with Crippen molar-refractivity contribution in [2.24, 2.45) is 0 Å². The lowest BCUT2D eigenvalue weighted by molar-refractivity contribution is 0.410. The normalized spacial score (nSPS) is 9.22. The lowest BCUT2D eigenvalue weighted by Gasteiger charge is -2.21. The standard InChI is InChI=1S/C7H15NS/c1-5-8(6-2)7(3)9-4/h3,5-6H2,1-2,4H3. The summed E-state index contributed by atoms with van der Waals surface area (Å²) < 4.78 is 0. The first-order chi connectivity index (χ1) is 4.26. The molecule has 0 aliphatic heterocycles. The highest BCUT2D eigenvalue weighted by Crippen LogP contribution is 2.12. The fourth-order valence-corrected chi connectivity index (χ4v) is 1.22. The summed E-state index contributed by atoms with van der Waals surface area (Å²) in [6, 6.07) is 0. The van der Waals surface area contributed by atoms with Crippen LogP contribution in [0.2, 0.25) is 0 Å². The summed E-state index contributed by atoms with van der Waals surface area (Å²) in [5, 5.41) is 1.17. The SMILES string of the molecule is C=C(SC)N(CC)CC. The predicted molar refractivity (Wildman–Crippen MR) is 45.6 cm³/mol. The van der Waals surface area contributed by atoms with Crippen LogP contribution in [0.4, 0.5) is 0 Å². The molecule has 0 bridgehead atoms. The van der Waals surface area contributed by atoms with Crippen molar-refractivity contribution >= 4 is 11.8 Å². The van der Waals surface area contributed by atoms with Gasteiger partial charge in [-0.2, -0.15) is 0 Å². The summed E-state index contributed by atoms with van der Waals surface area (Å²) in [4.78, 5) is 2.24. The summed E-state index contributed by atoms with van der Waals surface area (Å²) >= 11 is 1.71. The number of hydrogen-bond acceptors (Lipinski definition) is 2. The van der Waals surface area contributed by atoms with Gasteiger partial charge in [0, 0.05) is 13.1 Å². The van der Waals surface area contributed by atoms with E-state index in [2.05, 4.69) is 31.6 Å². The van der Waals surface area contributed by atoms with Crippen LogP contribution in [-0.4, -0.2) is 24.2 Å². The second kappa shape index (κ2) is 4.74. The molecule has 0 atom stereocenters. The second-order valence-electron chi connectivity index (χ2n) is 1.77. The van der Waals surface area contributed by atoms with Crippen molar-refractivity contribution in [2.75, 3.05) is 19.3 Å². The molecule has 0 aliphatic rings. The maximum absolute atomic E-state index is 3.90. The fraction of sp³-hybridized carbons (Fsp3) is 0.714. The molecular formula is C7H15NS. The van der Waals surface area contributed by atoms with Crippen LogP contribution in [0.1, 0.15) is 13.8 Å². The Hall–Kier alpha value is -0.110. The van der Waals surface area contributed by atoms with E-state index in [1.54, 1.807) is 11.8 Å². The molecule has 0 spiro atoms. The van der Waals surface area contributed by atoms with Gasteiger partial charge in [0.15, 0.2) is 0 Å². The largest absolute Gasteiger partial charge is 0.367 e. The summed E-state index contributed by atoms with van der Waals surface area (Å²) in [6.45, 7) is 10.3. The summed E-state index contributed by atoms with van der Waals surface area (Å²) in [5.41, 5.74) is 0. The smallest absolute Gasteiger partial charge is 0.0631 e. The Morgan fingerprint density at radius 3 is 2.00 bits per heavy atom. The topological polar surface area (TPSA) is 3.24 Å². The van der Waals surface area contributed by atoms with E-state index in [9.17, 15) is 0 Å². The van der Waals surface area contributed by atoms with E-state index in [4.69, 9.17) is 0 Å². The molecule has 0 aromatic rings. The first-order valence-corrected chi connectivity index (χ1v) is 4.46. The zero-order valence-corrected chi connectivity index (χ0v) is 7.29. The summed E-state index contributed by atoms with van der Waals surface area (Å²) in [6.07, 6.45) is 2.06. The second-order valence-corrected chi connectivity index (χ2v) is 2.65. The molecular weight excluding hydrogens is 130 g/mol. The third-order valence-corrected chi connectivity index (χ3v) is 2.08. The van der Waals surface area contributed by atoms with Gasteiger partial charge in [-0.1, -0.05) is 6.58 Å². The zero-order chi connectivity index (χ0) is 7.28. The Kier molecular flexibility index (Phi) is 4.68. The van der Waals surface area contributed by atoms with Crippen LogP contribution >= 0.6 is 11.8 Å². The lowest BCUT2D eigenvalue weighted by atomic mass is 10.5. The Balaban J connectivity index is 3.64. The van der Waals surface area contributed by atoms with Gasteiger partial charge < -0.3 is 4.90 Å². The minimum atomic E-state index is 1.07. The molecule has 0 aliphatic carbocycles. The third kappa shape index (κ3) is 2.80. The molecule has 1 nitrogen and oxygen atoms in total. The molecule has 0 aromatic heterocycles. The van der Waals surface area contributed by atoms with Crippen molar-refractivity contribution in [3.05, 3.63) is 11.6 Å². The Bertz CT molecular complexity index is 86.9. The van der Waals surface area contributed by atoms with E-state index >= 15 is 0 Å². The Morgan fingerprint density at radius 1 is 1.44 bits per heavy atom. The van der Waals surface area contributed by atoms with Crippen molar-refractivity contribution in [1.29, 1.82) is 0 Å².